The van der Waals surface area contributed by atoms with Gasteiger partial charge in [-0.15, -0.1) is 0 Å². The highest BCUT2D eigenvalue weighted by Crippen LogP contribution is 2.46. The third kappa shape index (κ3) is 8.16. The van der Waals surface area contributed by atoms with Crippen LogP contribution in [0.4, 0.5) is 15.4 Å². The highest BCUT2D eigenvalue weighted by Gasteiger charge is 2.32. The number of hydrogen-bond donors (Lipinski definition) is 3. The Morgan fingerprint density at radius 1 is 1.11 bits per heavy atom. The standard InChI is InChI=1S/C27H37N3O5/c1-17(2)15-27(6,30-25(33)35-26(3,4)5)16-34-22-10-9-19(13-21(22)18-7-8-18)20-11-12-28-23(14-20)29-24(31)32/h9-14,17-18H,7-8,15-16H2,1-6H3,(H,28,29)(H,30,33)(H,31,32). The van der Waals surface area contributed by atoms with E-state index >= 15 is 0 Å². The van der Waals surface area contributed by atoms with Gasteiger partial charge in [0, 0.05) is 6.20 Å². The summed E-state index contributed by atoms with van der Waals surface area (Å²) in [5.41, 5.74) is 1.78. The zero-order valence-corrected chi connectivity index (χ0v) is 21.5. The molecule has 0 spiro atoms. The van der Waals surface area contributed by atoms with Crippen molar-refractivity contribution in [3.63, 3.8) is 0 Å². The Labute approximate surface area is 207 Å². The minimum absolute atomic E-state index is 0.279. The molecule has 3 N–H and O–H groups in total. The summed E-state index contributed by atoms with van der Waals surface area (Å²) in [5.74, 6) is 1.86. The third-order valence-corrected chi connectivity index (χ3v) is 5.56. The maximum atomic E-state index is 12.5. The van der Waals surface area contributed by atoms with Crippen LogP contribution in [0.1, 0.15) is 72.3 Å². The van der Waals surface area contributed by atoms with Crippen molar-refractivity contribution in [1.29, 1.82) is 0 Å². The first-order valence-corrected chi connectivity index (χ1v) is 12.1. The molecular weight excluding hydrogens is 446 g/mol. The van der Waals surface area contributed by atoms with Crippen LogP contribution < -0.4 is 15.4 Å². The lowest BCUT2D eigenvalue weighted by atomic mass is 9.91. The Morgan fingerprint density at radius 3 is 2.40 bits per heavy atom. The maximum Gasteiger partial charge on any atom is 0.410 e. The number of alkyl carbamates (subject to hydrolysis) is 1. The van der Waals surface area contributed by atoms with Crippen molar-refractivity contribution in [1.82, 2.24) is 10.3 Å². The summed E-state index contributed by atoms with van der Waals surface area (Å²) in [6, 6.07) is 9.59. The summed E-state index contributed by atoms with van der Waals surface area (Å²) >= 11 is 0. The van der Waals surface area contributed by atoms with E-state index in [1.54, 1.807) is 12.3 Å². The summed E-state index contributed by atoms with van der Waals surface area (Å²) in [4.78, 5) is 27.5. The van der Waals surface area contributed by atoms with Crippen LogP contribution in [0.3, 0.4) is 0 Å². The van der Waals surface area contributed by atoms with E-state index in [4.69, 9.17) is 14.6 Å². The van der Waals surface area contributed by atoms with Crippen molar-refractivity contribution in [2.24, 2.45) is 5.92 Å². The normalized spacial score (nSPS) is 15.3. The smallest absolute Gasteiger partial charge is 0.410 e. The third-order valence-electron chi connectivity index (χ3n) is 5.56. The number of pyridine rings is 1. The van der Waals surface area contributed by atoms with E-state index in [2.05, 4.69) is 35.5 Å². The molecule has 35 heavy (non-hydrogen) atoms. The van der Waals surface area contributed by atoms with E-state index in [-0.39, 0.29) is 5.82 Å². The summed E-state index contributed by atoms with van der Waals surface area (Å²) in [5, 5.41) is 14.3. The second-order valence-electron chi connectivity index (χ2n) is 11.0. The first-order chi connectivity index (χ1) is 16.3. The van der Waals surface area contributed by atoms with Crippen LogP contribution in [0.15, 0.2) is 36.5 Å². The molecule has 0 saturated heterocycles. The molecular formula is C27H37N3O5. The molecule has 0 bridgehead atoms. The van der Waals surface area contributed by atoms with Crippen LogP contribution in [-0.4, -0.2) is 40.0 Å². The second-order valence-corrected chi connectivity index (χ2v) is 11.0. The van der Waals surface area contributed by atoms with Crippen molar-refractivity contribution in [2.75, 3.05) is 11.9 Å². The first-order valence-electron chi connectivity index (χ1n) is 12.1. The number of hydrogen-bond acceptors (Lipinski definition) is 5. The quantitative estimate of drug-likeness (QED) is 0.379. The Hall–Kier alpha value is -3.29. The zero-order valence-electron chi connectivity index (χ0n) is 21.5. The fourth-order valence-electron chi connectivity index (χ4n) is 4.19. The number of carbonyl (C=O) groups excluding carboxylic acids is 1. The largest absolute Gasteiger partial charge is 0.491 e. The molecule has 2 amide bonds. The van der Waals surface area contributed by atoms with Crippen molar-refractivity contribution in [3.8, 4) is 16.9 Å². The van der Waals surface area contributed by atoms with Crippen LogP contribution in [0, 0.1) is 5.92 Å². The predicted octanol–water partition coefficient (Wildman–Crippen LogP) is 6.42. The molecule has 1 aliphatic rings. The van der Waals surface area contributed by atoms with E-state index in [1.165, 1.54) is 0 Å². The molecule has 1 saturated carbocycles. The van der Waals surface area contributed by atoms with E-state index < -0.39 is 23.3 Å². The summed E-state index contributed by atoms with van der Waals surface area (Å²) < 4.78 is 11.8. The number of aromatic nitrogens is 1. The minimum atomic E-state index is -1.15. The molecule has 1 aliphatic carbocycles. The first kappa shape index (κ1) is 26.3. The molecule has 8 heteroatoms. The van der Waals surface area contributed by atoms with Crippen LogP contribution in [0.5, 0.6) is 5.75 Å². The van der Waals surface area contributed by atoms with Gasteiger partial charge in [0.1, 0.15) is 23.8 Å². The van der Waals surface area contributed by atoms with Gasteiger partial charge in [0.2, 0.25) is 0 Å². The molecule has 1 atom stereocenters. The number of ether oxygens (including phenoxy) is 2. The van der Waals surface area contributed by atoms with Gasteiger partial charge in [0.25, 0.3) is 0 Å². The topological polar surface area (TPSA) is 110 Å². The van der Waals surface area contributed by atoms with E-state index in [1.807, 2.05) is 45.9 Å². The Balaban J connectivity index is 1.80. The summed E-state index contributed by atoms with van der Waals surface area (Å²) in [6.07, 6.45) is 2.91. The summed E-state index contributed by atoms with van der Waals surface area (Å²) in [6.45, 7) is 12.0. The second kappa shape index (κ2) is 10.5. The van der Waals surface area contributed by atoms with Crippen LogP contribution in [0.2, 0.25) is 0 Å². The molecule has 1 unspecified atom stereocenters. The fourth-order valence-corrected chi connectivity index (χ4v) is 4.19. The number of amides is 2. The number of anilines is 1. The van der Waals surface area contributed by atoms with Crippen molar-refractivity contribution < 1.29 is 24.2 Å². The molecule has 0 aliphatic heterocycles. The number of nitrogens with zero attached hydrogens (tertiary/aromatic N) is 1. The molecule has 3 rings (SSSR count). The highest BCUT2D eigenvalue weighted by molar-refractivity contribution is 5.82. The van der Waals surface area contributed by atoms with E-state index in [9.17, 15) is 9.59 Å². The van der Waals surface area contributed by atoms with Crippen LogP contribution in [0.25, 0.3) is 11.1 Å². The molecule has 0 radical (unpaired) electrons. The summed E-state index contributed by atoms with van der Waals surface area (Å²) in [7, 11) is 0. The van der Waals surface area contributed by atoms with Gasteiger partial charge < -0.3 is 19.9 Å². The predicted molar refractivity (Wildman–Crippen MR) is 136 cm³/mol. The Kier molecular flexibility index (Phi) is 7.93. The molecule has 190 valence electrons. The average molecular weight is 484 g/mol. The SMILES string of the molecule is CC(C)CC(C)(COc1ccc(-c2ccnc(NC(=O)O)c2)cc1C1CC1)NC(=O)OC(C)(C)C. The number of carbonyl (C=O) groups is 2. The maximum absolute atomic E-state index is 12.5. The van der Waals surface area contributed by atoms with Crippen molar-refractivity contribution in [3.05, 3.63) is 42.1 Å². The molecule has 1 fully saturated rings. The van der Waals surface area contributed by atoms with Crippen molar-refractivity contribution in [2.45, 2.75) is 77.9 Å². The molecule has 1 heterocycles. The van der Waals surface area contributed by atoms with Gasteiger partial charge in [-0.05, 0) is 99.7 Å². The lowest BCUT2D eigenvalue weighted by molar-refractivity contribution is 0.0407. The fraction of sp³-hybridized carbons (Fsp3) is 0.519. The van der Waals surface area contributed by atoms with Gasteiger partial charge in [0.05, 0.1) is 5.54 Å². The number of rotatable bonds is 9. The lowest BCUT2D eigenvalue weighted by Gasteiger charge is -2.33. The zero-order chi connectivity index (χ0) is 25.8. The van der Waals surface area contributed by atoms with E-state index in [0.29, 0.717) is 18.4 Å². The molecule has 1 aromatic carbocycles. The van der Waals surface area contributed by atoms with Crippen LogP contribution >= 0.6 is 0 Å². The van der Waals surface area contributed by atoms with Gasteiger partial charge >= 0.3 is 12.2 Å². The number of carboxylic acid groups (broad SMARTS) is 1. The highest BCUT2D eigenvalue weighted by atomic mass is 16.6. The van der Waals surface area contributed by atoms with Gasteiger partial charge in [-0.25, -0.2) is 14.6 Å². The molecule has 2 aromatic rings. The number of nitrogens with one attached hydrogen (secondary N) is 2. The number of benzene rings is 1. The van der Waals surface area contributed by atoms with Crippen LogP contribution in [-0.2, 0) is 4.74 Å². The van der Waals surface area contributed by atoms with Gasteiger partial charge in [-0.3, -0.25) is 5.32 Å². The monoisotopic (exact) mass is 483 g/mol. The Morgan fingerprint density at radius 2 is 1.80 bits per heavy atom. The molecule has 1 aromatic heterocycles. The van der Waals surface area contributed by atoms with E-state index in [0.717, 1.165) is 41.7 Å². The van der Waals surface area contributed by atoms with Crippen molar-refractivity contribution >= 4 is 18.0 Å². The minimum Gasteiger partial charge on any atom is -0.491 e. The average Bonchev–Trinajstić information content (AvgIpc) is 3.55. The van der Waals surface area contributed by atoms with Gasteiger partial charge in [-0.1, -0.05) is 19.9 Å². The lowest BCUT2D eigenvalue weighted by Crippen LogP contribution is -2.52. The Bertz CT molecular complexity index is 1060. The van der Waals surface area contributed by atoms with Gasteiger partial charge in [0.15, 0.2) is 0 Å². The molecule has 8 nitrogen and oxygen atoms in total. The van der Waals surface area contributed by atoms with Gasteiger partial charge in [-0.2, -0.15) is 0 Å².